The second-order valence-corrected chi connectivity index (χ2v) is 9.60. The van der Waals surface area contributed by atoms with Gasteiger partial charge in [-0.3, -0.25) is 9.78 Å². The van der Waals surface area contributed by atoms with E-state index in [1.54, 1.807) is 18.5 Å². The van der Waals surface area contributed by atoms with Crippen molar-refractivity contribution in [2.45, 2.75) is 25.4 Å². The number of likely N-dealkylation sites (tertiary alicyclic amines) is 1. The standard InChI is InChI=1S/C28H30N6O3/c35-19-20-3-1-4-22(15-20)24-16-25(32-11-13-37-14-12-32)27-30-18-26(34(27)31-24)21-6-9-33(10-7-21)28(36)23-5-2-8-29-17-23/h1-5,8,15-18,21,35H,6-7,9-14,19H2. The Labute approximate surface area is 215 Å². The fraction of sp³-hybridized carbons (Fsp3) is 0.357. The molecule has 2 aliphatic rings. The second kappa shape index (κ2) is 10.3. The highest BCUT2D eigenvalue weighted by molar-refractivity contribution is 5.93. The summed E-state index contributed by atoms with van der Waals surface area (Å²) in [6, 6.07) is 13.6. The van der Waals surface area contributed by atoms with E-state index in [0.717, 1.165) is 59.8 Å². The molecule has 3 aromatic heterocycles. The zero-order valence-corrected chi connectivity index (χ0v) is 20.7. The summed E-state index contributed by atoms with van der Waals surface area (Å²) in [4.78, 5) is 26.0. The van der Waals surface area contributed by atoms with Crippen LogP contribution in [0.15, 0.2) is 61.1 Å². The fourth-order valence-electron chi connectivity index (χ4n) is 5.30. The summed E-state index contributed by atoms with van der Waals surface area (Å²) in [5.41, 5.74) is 6.22. The molecule has 37 heavy (non-hydrogen) atoms. The minimum atomic E-state index is -0.0148. The van der Waals surface area contributed by atoms with Crippen molar-refractivity contribution < 1.29 is 14.6 Å². The van der Waals surface area contributed by atoms with Crippen LogP contribution in [0, 0.1) is 0 Å². The van der Waals surface area contributed by atoms with E-state index in [1.165, 1.54) is 0 Å². The van der Waals surface area contributed by atoms with Gasteiger partial charge in [0.25, 0.3) is 5.91 Å². The Morgan fingerprint density at radius 1 is 1.03 bits per heavy atom. The maximum atomic E-state index is 12.9. The van der Waals surface area contributed by atoms with Crippen molar-refractivity contribution in [2.24, 2.45) is 0 Å². The van der Waals surface area contributed by atoms with Crippen LogP contribution in [-0.2, 0) is 11.3 Å². The molecule has 0 spiro atoms. The molecule has 0 unspecified atom stereocenters. The van der Waals surface area contributed by atoms with Gasteiger partial charge in [0.2, 0.25) is 0 Å². The molecular formula is C28H30N6O3. The van der Waals surface area contributed by atoms with Gasteiger partial charge in [0.15, 0.2) is 5.65 Å². The summed E-state index contributed by atoms with van der Waals surface area (Å²) in [6.45, 7) is 4.31. The minimum absolute atomic E-state index is 0.0148. The van der Waals surface area contributed by atoms with Crippen molar-refractivity contribution in [3.8, 4) is 11.3 Å². The van der Waals surface area contributed by atoms with Crippen molar-refractivity contribution >= 4 is 17.2 Å². The summed E-state index contributed by atoms with van der Waals surface area (Å²) in [5.74, 6) is 0.278. The lowest BCUT2D eigenvalue weighted by Crippen LogP contribution is -2.38. The predicted octanol–water partition coefficient (Wildman–Crippen LogP) is 3.14. The largest absolute Gasteiger partial charge is 0.392 e. The Kier molecular flexibility index (Phi) is 6.55. The first-order valence-electron chi connectivity index (χ1n) is 12.8. The number of fused-ring (bicyclic) bond motifs is 1. The number of anilines is 1. The first-order chi connectivity index (χ1) is 18.2. The maximum absolute atomic E-state index is 12.9. The van der Waals surface area contributed by atoms with Crippen LogP contribution in [0.1, 0.15) is 40.4 Å². The lowest BCUT2D eigenvalue weighted by molar-refractivity contribution is 0.0711. The van der Waals surface area contributed by atoms with Gasteiger partial charge in [-0.15, -0.1) is 0 Å². The van der Waals surface area contributed by atoms with Crippen molar-refractivity contribution in [3.63, 3.8) is 0 Å². The number of piperidine rings is 1. The molecule has 0 atom stereocenters. The summed E-state index contributed by atoms with van der Waals surface area (Å²) >= 11 is 0. The molecule has 0 radical (unpaired) electrons. The average Bonchev–Trinajstić information content (AvgIpc) is 3.41. The molecule has 9 heteroatoms. The van der Waals surface area contributed by atoms with Gasteiger partial charge in [0, 0.05) is 50.1 Å². The number of aliphatic hydroxyl groups excluding tert-OH is 1. The number of ether oxygens (including phenoxy) is 1. The first kappa shape index (κ1) is 23.6. The number of aromatic nitrogens is 4. The van der Waals surface area contributed by atoms with Gasteiger partial charge in [0.1, 0.15) is 0 Å². The number of amides is 1. The quantitative estimate of drug-likeness (QED) is 0.452. The molecule has 190 valence electrons. The van der Waals surface area contributed by atoms with Crippen LogP contribution < -0.4 is 4.90 Å². The van der Waals surface area contributed by atoms with Gasteiger partial charge in [0.05, 0.1) is 48.7 Å². The van der Waals surface area contributed by atoms with Crippen molar-refractivity contribution in [1.29, 1.82) is 0 Å². The number of hydrogen-bond acceptors (Lipinski definition) is 7. The van der Waals surface area contributed by atoms with Gasteiger partial charge in [-0.25, -0.2) is 9.50 Å². The molecule has 0 bridgehead atoms. The van der Waals surface area contributed by atoms with Crippen LogP contribution in [-0.4, -0.2) is 74.9 Å². The third-order valence-corrected chi connectivity index (χ3v) is 7.34. The molecule has 0 saturated carbocycles. The summed E-state index contributed by atoms with van der Waals surface area (Å²) in [7, 11) is 0. The lowest BCUT2D eigenvalue weighted by Gasteiger charge is -2.32. The summed E-state index contributed by atoms with van der Waals surface area (Å²) in [6.07, 6.45) is 6.95. The Morgan fingerprint density at radius 3 is 2.62 bits per heavy atom. The smallest absolute Gasteiger partial charge is 0.255 e. The van der Waals surface area contributed by atoms with Gasteiger partial charge >= 0.3 is 0 Å². The van der Waals surface area contributed by atoms with E-state index in [1.807, 2.05) is 45.9 Å². The van der Waals surface area contributed by atoms with Crippen molar-refractivity contribution in [3.05, 3.63) is 77.9 Å². The average molecular weight is 499 g/mol. The van der Waals surface area contributed by atoms with Crippen LogP contribution in [0.4, 0.5) is 5.69 Å². The number of carbonyl (C=O) groups excluding carboxylic acids is 1. The van der Waals surface area contributed by atoms with Gasteiger partial charge in [-0.1, -0.05) is 18.2 Å². The molecule has 2 aliphatic heterocycles. The molecule has 0 aliphatic carbocycles. The van der Waals surface area contributed by atoms with Crippen LogP contribution >= 0.6 is 0 Å². The number of nitrogens with zero attached hydrogens (tertiary/aromatic N) is 6. The van der Waals surface area contributed by atoms with E-state index in [4.69, 9.17) is 14.8 Å². The molecule has 9 nitrogen and oxygen atoms in total. The molecule has 5 heterocycles. The number of aliphatic hydroxyl groups is 1. The highest BCUT2D eigenvalue weighted by Gasteiger charge is 2.28. The van der Waals surface area contributed by atoms with E-state index < -0.39 is 0 Å². The van der Waals surface area contributed by atoms with E-state index in [2.05, 4.69) is 16.0 Å². The number of morpholine rings is 1. The number of hydrogen-bond donors (Lipinski definition) is 1. The predicted molar refractivity (Wildman–Crippen MR) is 139 cm³/mol. The number of carbonyl (C=O) groups is 1. The number of benzene rings is 1. The van der Waals surface area contributed by atoms with E-state index in [0.29, 0.717) is 31.9 Å². The van der Waals surface area contributed by atoms with E-state index in [9.17, 15) is 9.90 Å². The van der Waals surface area contributed by atoms with E-state index in [-0.39, 0.29) is 18.4 Å². The third-order valence-electron chi connectivity index (χ3n) is 7.34. The Bertz CT molecular complexity index is 1390. The van der Waals surface area contributed by atoms with Gasteiger partial charge < -0.3 is 19.6 Å². The summed E-state index contributed by atoms with van der Waals surface area (Å²) < 4.78 is 7.59. The van der Waals surface area contributed by atoms with Crippen LogP contribution in [0.2, 0.25) is 0 Å². The lowest BCUT2D eigenvalue weighted by atomic mass is 9.93. The maximum Gasteiger partial charge on any atom is 0.255 e. The van der Waals surface area contributed by atoms with Crippen molar-refractivity contribution in [1.82, 2.24) is 24.5 Å². The monoisotopic (exact) mass is 498 g/mol. The number of pyridine rings is 1. The molecule has 1 amide bonds. The van der Waals surface area contributed by atoms with E-state index >= 15 is 0 Å². The third kappa shape index (κ3) is 4.68. The molecule has 2 saturated heterocycles. The molecule has 1 aromatic carbocycles. The summed E-state index contributed by atoms with van der Waals surface area (Å²) in [5, 5.41) is 14.7. The first-order valence-corrected chi connectivity index (χ1v) is 12.8. The molecule has 4 aromatic rings. The Hall–Kier alpha value is -3.82. The van der Waals surface area contributed by atoms with Crippen LogP contribution in [0.25, 0.3) is 16.9 Å². The molecule has 2 fully saturated rings. The topological polar surface area (TPSA) is 96.1 Å². The Balaban J connectivity index is 1.33. The van der Waals surface area contributed by atoms with Crippen molar-refractivity contribution in [2.75, 3.05) is 44.3 Å². The normalized spacial score (nSPS) is 16.9. The molecule has 1 N–H and O–H groups in total. The molecule has 6 rings (SSSR count). The Morgan fingerprint density at radius 2 is 1.86 bits per heavy atom. The van der Waals surface area contributed by atoms with Crippen LogP contribution in [0.5, 0.6) is 0 Å². The van der Waals surface area contributed by atoms with Crippen LogP contribution in [0.3, 0.4) is 0 Å². The minimum Gasteiger partial charge on any atom is -0.392 e. The highest BCUT2D eigenvalue weighted by atomic mass is 16.5. The fourth-order valence-corrected chi connectivity index (χ4v) is 5.30. The zero-order valence-electron chi connectivity index (χ0n) is 20.7. The van der Waals surface area contributed by atoms with Gasteiger partial charge in [-0.2, -0.15) is 5.10 Å². The molecular weight excluding hydrogens is 468 g/mol. The zero-order chi connectivity index (χ0) is 25.2. The highest BCUT2D eigenvalue weighted by Crippen LogP contribution is 2.33. The number of rotatable bonds is 5. The van der Waals surface area contributed by atoms with Gasteiger partial charge in [-0.05, 0) is 42.7 Å². The number of imidazole rings is 1. The second-order valence-electron chi connectivity index (χ2n) is 9.60. The SMILES string of the molecule is O=C(c1cccnc1)N1CCC(c2cnc3c(N4CCOCC4)cc(-c4cccc(CO)c4)nn23)CC1.